The summed E-state index contributed by atoms with van der Waals surface area (Å²) < 4.78 is 0. The van der Waals surface area contributed by atoms with E-state index in [0.717, 1.165) is 6.42 Å². The van der Waals surface area contributed by atoms with Crippen LogP contribution in [0.3, 0.4) is 0 Å². The molecule has 1 aliphatic heterocycles. The highest BCUT2D eigenvalue weighted by molar-refractivity contribution is 5.74. The van der Waals surface area contributed by atoms with Crippen LogP contribution in [0.2, 0.25) is 0 Å². The molecule has 2 N–H and O–H groups in total. The Hall–Kier alpha value is -0.570. The first-order valence-corrected chi connectivity index (χ1v) is 3.26. The Morgan fingerprint density at radius 3 is 2.67 bits per heavy atom. The number of fused-ring (bicyclic) bond motifs is 1. The monoisotopic (exact) mass is 127 g/mol. The van der Waals surface area contributed by atoms with Crippen LogP contribution in [0.25, 0.3) is 0 Å². The van der Waals surface area contributed by atoms with E-state index in [1.807, 2.05) is 0 Å². The van der Waals surface area contributed by atoms with E-state index in [0.29, 0.717) is 12.0 Å². The smallest absolute Gasteiger partial charge is 0.320 e. The van der Waals surface area contributed by atoms with Crippen LogP contribution in [-0.2, 0) is 4.79 Å². The van der Waals surface area contributed by atoms with E-state index in [-0.39, 0.29) is 6.04 Å². The minimum absolute atomic E-state index is 0.242. The summed E-state index contributed by atoms with van der Waals surface area (Å²) in [7, 11) is 0. The van der Waals surface area contributed by atoms with Gasteiger partial charge in [0.1, 0.15) is 6.04 Å². The van der Waals surface area contributed by atoms with Crippen LogP contribution < -0.4 is 5.32 Å². The number of aliphatic carboxylic acids is 1. The molecule has 2 unspecified atom stereocenters. The first-order chi connectivity index (χ1) is 4.27. The van der Waals surface area contributed by atoms with Crippen LogP contribution in [0.4, 0.5) is 0 Å². The van der Waals surface area contributed by atoms with Crippen molar-refractivity contribution in [3.8, 4) is 0 Å². The third-order valence-corrected chi connectivity index (χ3v) is 2.17. The van der Waals surface area contributed by atoms with E-state index in [1.165, 1.54) is 6.42 Å². The molecule has 0 radical (unpaired) electrons. The maximum Gasteiger partial charge on any atom is 0.320 e. The summed E-state index contributed by atoms with van der Waals surface area (Å²) in [4.78, 5) is 10.3. The summed E-state index contributed by atoms with van der Waals surface area (Å²) in [6.45, 7) is 0. The highest BCUT2D eigenvalue weighted by Gasteiger charge is 2.47. The lowest BCUT2D eigenvalue weighted by Crippen LogP contribution is -2.33. The number of carbonyl (C=O) groups is 1. The van der Waals surface area contributed by atoms with Crippen molar-refractivity contribution in [2.45, 2.75) is 24.9 Å². The van der Waals surface area contributed by atoms with Gasteiger partial charge in [-0.05, 0) is 18.8 Å². The Balaban J connectivity index is 1.97. The molecule has 3 heteroatoms. The lowest BCUT2D eigenvalue weighted by Gasteiger charge is -2.04. The van der Waals surface area contributed by atoms with Crippen molar-refractivity contribution in [2.24, 2.45) is 5.92 Å². The lowest BCUT2D eigenvalue weighted by atomic mass is 10.2. The molecule has 50 valence electrons. The van der Waals surface area contributed by atoms with Crippen molar-refractivity contribution >= 4 is 5.97 Å². The third kappa shape index (κ3) is 0.721. The zero-order valence-electron chi connectivity index (χ0n) is 5.00. The zero-order chi connectivity index (χ0) is 6.43. The minimum atomic E-state index is -0.692. The number of piperidine rings is 1. The number of carboxylic acids is 1. The molecule has 2 aliphatic rings. The van der Waals surface area contributed by atoms with Crippen LogP contribution in [0, 0.1) is 5.92 Å². The fraction of sp³-hybridized carbons (Fsp3) is 0.833. The van der Waals surface area contributed by atoms with Gasteiger partial charge in [0, 0.05) is 6.04 Å². The molecule has 0 aromatic rings. The number of hydrogen-bond donors (Lipinski definition) is 2. The average Bonchev–Trinajstić information content (AvgIpc) is 2.40. The molecule has 1 saturated heterocycles. The highest BCUT2D eigenvalue weighted by Crippen LogP contribution is 2.40. The van der Waals surface area contributed by atoms with Gasteiger partial charge in [0.2, 0.25) is 0 Å². The molecule has 0 amide bonds. The van der Waals surface area contributed by atoms with Gasteiger partial charge < -0.3 is 10.4 Å². The number of rotatable bonds is 1. The van der Waals surface area contributed by atoms with Gasteiger partial charge in [-0.2, -0.15) is 0 Å². The number of carboxylic acid groups (broad SMARTS) is 1. The molecule has 0 spiro atoms. The Labute approximate surface area is 53.1 Å². The second-order valence-electron chi connectivity index (χ2n) is 2.90. The average molecular weight is 127 g/mol. The molecule has 2 rings (SSSR count). The molecule has 3 atom stereocenters. The Bertz CT molecular complexity index is 147. The number of hydrogen-bond acceptors (Lipinski definition) is 2. The largest absolute Gasteiger partial charge is 0.480 e. The molecular formula is C6H9NO2. The molecular weight excluding hydrogens is 118 g/mol. The van der Waals surface area contributed by atoms with Gasteiger partial charge in [0.15, 0.2) is 0 Å². The Morgan fingerprint density at radius 2 is 2.33 bits per heavy atom. The third-order valence-electron chi connectivity index (χ3n) is 2.17. The summed E-state index contributed by atoms with van der Waals surface area (Å²) in [6.07, 6.45) is 2.05. The Morgan fingerprint density at radius 1 is 1.56 bits per heavy atom. The van der Waals surface area contributed by atoms with Crippen molar-refractivity contribution in [2.75, 3.05) is 0 Å². The van der Waals surface area contributed by atoms with E-state index in [1.54, 1.807) is 0 Å². The van der Waals surface area contributed by atoms with E-state index in [9.17, 15) is 4.79 Å². The van der Waals surface area contributed by atoms with Crippen molar-refractivity contribution < 1.29 is 9.90 Å². The fourth-order valence-electron chi connectivity index (χ4n) is 1.51. The van der Waals surface area contributed by atoms with Crippen LogP contribution in [-0.4, -0.2) is 23.2 Å². The van der Waals surface area contributed by atoms with E-state index in [4.69, 9.17) is 5.11 Å². The van der Waals surface area contributed by atoms with Gasteiger partial charge in [0.25, 0.3) is 0 Å². The van der Waals surface area contributed by atoms with Crippen molar-refractivity contribution in [1.29, 1.82) is 0 Å². The van der Waals surface area contributed by atoms with Gasteiger partial charge in [0.05, 0.1) is 0 Å². The molecule has 2 fully saturated rings. The highest BCUT2D eigenvalue weighted by atomic mass is 16.4. The maximum absolute atomic E-state index is 10.3. The summed E-state index contributed by atoms with van der Waals surface area (Å²) >= 11 is 0. The molecule has 0 aromatic carbocycles. The molecule has 3 nitrogen and oxygen atoms in total. The van der Waals surface area contributed by atoms with Crippen molar-refractivity contribution in [1.82, 2.24) is 5.32 Å². The van der Waals surface area contributed by atoms with E-state index >= 15 is 0 Å². The van der Waals surface area contributed by atoms with Crippen LogP contribution in [0.5, 0.6) is 0 Å². The molecule has 1 heterocycles. The van der Waals surface area contributed by atoms with Crippen LogP contribution in [0.1, 0.15) is 12.8 Å². The number of nitrogens with one attached hydrogen (secondary N) is 1. The zero-order valence-corrected chi connectivity index (χ0v) is 5.00. The maximum atomic E-state index is 10.3. The first-order valence-electron chi connectivity index (χ1n) is 3.26. The molecule has 0 aromatic heterocycles. The second-order valence-corrected chi connectivity index (χ2v) is 2.90. The topological polar surface area (TPSA) is 49.3 Å². The molecule has 0 bridgehead atoms. The van der Waals surface area contributed by atoms with E-state index in [2.05, 4.69) is 5.32 Å². The van der Waals surface area contributed by atoms with Gasteiger partial charge in [-0.25, -0.2) is 0 Å². The first kappa shape index (κ1) is 5.23. The molecule has 1 saturated carbocycles. The second kappa shape index (κ2) is 1.48. The predicted octanol–water partition coefficient (Wildman–Crippen LogP) is -0.179. The predicted molar refractivity (Wildman–Crippen MR) is 31.1 cm³/mol. The molecule has 9 heavy (non-hydrogen) atoms. The Kier molecular flexibility index (Phi) is 0.858. The van der Waals surface area contributed by atoms with E-state index < -0.39 is 5.97 Å². The van der Waals surface area contributed by atoms with Crippen LogP contribution >= 0.6 is 0 Å². The van der Waals surface area contributed by atoms with Gasteiger partial charge in [-0.1, -0.05) is 0 Å². The normalized spacial score (nSPS) is 46.4. The van der Waals surface area contributed by atoms with Gasteiger partial charge >= 0.3 is 5.97 Å². The molecule has 1 aliphatic carbocycles. The summed E-state index contributed by atoms with van der Waals surface area (Å²) in [5, 5.41) is 11.5. The summed E-state index contributed by atoms with van der Waals surface area (Å²) in [6, 6.07) is 0.305. The van der Waals surface area contributed by atoms with Gasteiger partial charge in [-0.3, -0.25) is 4.79 Å². The lowest BCUT2D eigenvalue weighted by molar-refractivity contribution is -0.139. The fourth-order valence-corrected chi connectivity index (χ4v) is 1.51. The quantitative estimate of drug-likeness (QED) is 0.513. The van der Waals surface area contributed by atoms with Crippen LogP contribution in [0.15, 0.2) is 0 Å². The van der Waals surface area contributed by atoms with Crippen molar-refractivity contribution in [3.63, 3.8) is 0 Å². The van der Waals surface area contributed by atoms with Crippen molar-refractivity contribution in [3.05, 3.63) is 0 Å². The standard InChI is InChI=1S/C6H9NO2/c8-6(9)5-2-3-1-4(3)7-5/h3-5,7H,1-2H2,(H,8,9)/t3?,4?,5-/m1/s1. The minimum Gasteiger partial charge on any atom is -0.480 e. The summed E-state index contributed by atoms with van der Waals surface area (Å²) in [5.74, 6) is -0.00620. The van der Waals surface area contributed by atoms with Gasteiger partial charge in [-0.15, -0.1) is 0 Å². The summed E-state index contributed by atoms with van der Waals surface area (Å²) in [5.41, 5.74) is 0. The SMILES string of the molecule is O=C(O)[C@H]1CC2CC2N1.